The molecule has 1 atom stereocenters. The summed E-state index contributed by atoms with van der Waals surface area (Å²) in [6, 6.07) is 8.11. The molecule has 1 saturated heterocycles. The largest absolute Gasteiger partial charge is 0.494 e. The highest BCUT2D eigenvalue weighted by Gasteiger charge is 2.29. The van der Waals surface area contributed by atoms with Crippen LogP contribution in [0.25, 0.3) is 10.9 Å². The van der Waals surface area contributed by atoms with E-state index in [0.29, 0.717) is 25.5 Å². The molecule has 0 N–H and O–H groups in total. The van der Waals surface area contributed by atoms with Gasteiger partial charge in [-0.3, -0.25) is 4.79 Å². The first-order valence-electron chi connectivity index (χ1n) is 8.32. The van der Waals surface area contributed by atoms with Crippen molar-refractivity contribution in [3.05, 3.63) is 35.5 Å². The van der Waals surface area contributed by atoms with Crippen molar-refractivity contribution in [3.63, 3.8) is 0 Å². The number of para-hydroxylation sites is 1. The lowest BCUT2D eigenvalue weighted by atomic mass is 9.99. The van der Waals surface area contributed by atoms with Crippen LogP contribution in [0.5, 0.6) is 5.75 Å². The van der Waals surface area contributed by atoms with Crippen LogP contribution in [0.1, 0.15) is 17.7 Å². The summed E-state index contributed by atoms with van der Waals surface area (Å²) in [6.45, 7) is 4.14. The fourth-order valence-corrected chi connectivity index (χ4v) is 3.43. The smallest absolute Gasteiger partial charge is 0.223 e. The van der Waals surface area contributed by atoms with Crippen molar-refractivity contribution in [1.29, 1.82) is 0 Å². The second-order valence-electron chi connectivity index (χ2n) is 6.39. The van der Waals surface area contributed by atoms with Crippen LogP contribution in [0, 0.1) is 12.8 Å². The van der Waals surface area contributed by atoms with E-state index in [0.717, 1.165) is 35.3 Å². The summed E-state index contributed by atoms with van der Waals surface area (Å²) in [5.74, 6) is 1.32. The van der Waals surface area contributed by atoms with E-state index in [9.17, 15) is 4.79 Å². The Morgan fingerprint density at radius 2 is 2.17 bits per heavy atom. The van der Waals surface area contributed by atoms with Gasteiger partial charge in [0.15, 0.2) is 0 Å². The van der Waals surface area contributed by atoms with Crippen molar-refractivity contribution in [2.45, 2.75) is 19.8 Å². The van der Waals surface area contributed by atoms with Crippen LogP contribution in [-0.2, 0) is 16.0 Å². The molecule has 1 fully saturated rings. The number of pyridine rings is 1. The molecule has 0 saturated carbocycles. The van der Waals surface area contributed by atoms with Gasteiger partial charge in [0, 0.05) is 37.7 Å². The number of hydrogen-bond donors (Lipinski definition) is 0. The molecule has 0 radical (unpaired) electrons. The number of rotatable bonds is 6. The summed E-state index contributed by atoms with van der Waals surface area (Å²) in [5.41, 5.74) is 3.11. The summed E-state index contributed by atoms with van der Waals surface area (Å²) in [6.07, 6.45) is 1.40. The molecular weight excluding hydrogens is 304 g/mol. The first-order valence-corrected chi connectivity index (χ1v) is 8.32. The topological polar surface area (TPSA) is 51.7 Å². The zero-order valence-electron chi connectivity index (χ0n) is 14.5. The zero-order chi connectivity index (χ0) is 17.1. The monoisotopic (exact) mass is 328 g/mol. The Bertz CT molecular complexity index is 745. The molecule has 0 spiro atoms. The molecule has 3 rings (SSSR count). The number of methoxy groups -OCH3 is 2. The first-order chi connectivity index (χ1) is 11.6. The van der Waals surface area contributed by atoms with E-state index in [1.807, 2.05) is 17.0 Å². The van der Waals surface area contributed by atoms with Gasteiger partial charge in [-0.25, -0.2) is 4.98 Å². The van der Waals surface area contributed by atoms with E-state index in [1.54, 1.807) is 14.2 Å². The summed E-state index contributed by atoms with van der Waals surface area (Å²) in [4.78, 5) is 18.8. The van der Waals surface area contributed by atoms with Crippen LogP contribution in [0.3, 0.4) is 0 Å². The maximum Gasteiger partial charge on any atom is 0.223 e. The average Bonchev–Trinajstić information content (AvgIpc) is 2.92. The Kier molecular flexibility index (Phi) is 5.00. The van der Waals surface area contributed by atoms with Gasteiger partial charge in [0.05, 0.1) is 13.7 Å². The average molecular weight is 328 g/mol. The van der Waals surface area contributed by atoms with Gasteiger partial charge in [-0.2, -0.15) is 0 Å². The van der Waals surface area contributed by atoms with Gasteiger partial charge in [0.2, 0.25) is 5.91 Å². The normalized spacial score (nSPS) is 17.7. The Labute approximate surface area is 142 Å². The SMILES string of the molecule is COCCN1C[C@H](Cc2cc(C)c3cccc(OC)c3n2)CC1=O. The molecule has 5 heteroatoms. The molecule has 5 nitrogen and oxygen atoms in total. The molecule has 128 valence electrons. The lowest BCUT2D eigenvalue weighted by Crippen LogP contribution is -2.29. The van der Waals surface area contributed by atoms with Crippen molar-refractivity contribution in [3.8, 4) is 5.75 Å². The number of ether oxygens (including phenoxy) is 2. The van der Waals surface area contributed by atoms with Crippen LogP contribution in [-0.4, -0.2) is 49.7 Å². The van der Waals surface area contributed by atoms with Crippen molar-refractivity contribution in [2.24, 2.45) is 5.92 Å². The first kappa shape index (κ1) is 16.7. The van der Waals surface area contributed by atoms with E-state index in [4.69, 9.17) is 14.5 Å². The quantitative estimate of drug-likeness (QED) is 0.818. The number of nitrogens with zero attached hydrogens (tertiary/aromatic N) is 2. The van der Waals surface area contributed by atoms with E-state index in [-0.39, 0.29) is 5.91 Å². The molecule has 0 unspecified atom stereocenters. The lowest BCUT2D eigenvalue weighted by molar-refractivity contribution is -0.128. The summed E-state index contributed by atoms with van der Waals surface area (Å²) < 4.78 is 10.5. The van der Waals surface area contributed by atoms with Crippen molar-refractivity contribution < 1.29 is 14.3 Å². The van der Waals surface area contributed by atoms with Gasteiger partial charge in [-0.1, -0.05) is 12.1 Å². The van der Waals surface area contributed by atoms with E-state index in [1.165, 1.54) is 5.56 Å². The van der Waals surface area contributed by atoms with E-state index >= 15 is 0 Å². The third-order valence-corrected chi connectivity index (χ3v) is 4.64. The fraction of sp³-hybridized carbons (Fsp3) is 0.474. The van der Waals surface area contributed by atoms with E-state index < -0.39 is 0 Å². The molecule has 2 heterocycles. The zero-order valence-corrected chi connectivity index (χ0v) is 14.5. The van der Waals surface area contributed by atoms with Gasteiger partial charge in [-0.05, 0) is 37.0 Å². The van der Waals surface area contributed by atoms with Gasteiger partial charge < -0.3 is 14.4 Å². The highest BCUT2D eigenvalue weighted by atomic mass is 16.5. The molecule has 1 amide bonds. The number of aryl methyl sites for hydroxylation is 1. The fourth-order valence-electron chi connectivity index (χ4n) is 3.43. The minimum atomic E-state index is 0.215. The number of aromatic nitrogens is 1. The highest BCUT2D eigenvalue weighted by molar-refractivity contribution is 5.87. The van der Waals surface area contributed by atoms with Crippen molar-refractivity contribution in [1.82, 2.24) is 9.88 Å². The van der Waals surface area contributed by atoms with Crippen LogP contribution in [0.2, 0.25) is 0 Å². The molecule has 1 aromatic carbocycles. The van der Waals surface area contributed by atoms with Crippen molar-refractivity contribution in [2.75, 3.05) is 33.9 Å². The number of carbonyl (C=O) groups is 1. The molecule has 1 aliphatic heterocycles. The van der Waals surface area contributed by atoms with Crippen molar-refractivity contribution >= 4 is 16.8 Å². The Morgan fingerprint density at radius 1 is 1.33 bits per heavy atom. The molecule has 0 bridgehead atoms. The van der Waals surface area contributed by atoms with Crippen LogP contribution in [0.4, 0.5) is 0 Å². The minimum Gasteiger partial charge on any atom is -0.494 e. The van der Waals surface area contributed by atoms with Crippen LogP contribution in [0.15, 0.2) is 24.3 Å². The molecule has 24 heavy (non-hydrogen) atoms. The molecule has 1 aliphatic rings. The predicted molar refractivity (Wildman–Crippen MR) is 93.3 cm³/mol. The minimum absolute atomic E-state index is 0.215. The second kappa shape index (κ2) is 7.18. The maximum atomic E-state index is 12.1. The summed E-state index contributed by atoms with van der Waals surface area (Å²) in [7, 11) is 3.33. The lowest BCUT2D eigenvalue weighted by Gasteiger charge is -2.16. The number of hydrogen-bond acceptors (Lipinski definition) is 4. The third-order valence-electron chi connectivity index (χ3n) is 4.64. The molecule has 2 aromatic rings. The maximum absolute atomic E-state index is 12.1. The number of amides is 1. The predicted octanol–water partition coefficient (Wildman–Crippen LogP) is 2.59. The Balaban J connectivity index is 1.80. The van der Waals surface area contributed by atoms with Gasteiger partial charge >= 0.3 is 0 Å². The molecular formula is C19H24N2O3. The molecule has 0 aliphatic carbocycles. The number of fused-ring (bicyclic) bond motifs is 1. The molecule has 1 aromatic heterocycles. The summed E-state index contributed by atoms with van der Waals surface area (Å²) >= 11 is 0. The second-order valence-corrected chi connectivity index (χ2v) is 6.39. The van der Waals surface area contributed by atoms with Gasteiger partial charge in [-0.15, -0.1) is 0 Å². The summed E-state index contributed by atoms with van der Waals surface area (Å²) in [5, 5.41) is 1.11. The number of carbonyl (C=O) groups excluding carboxylic acids is 1. The third kappa shape index (κ3) is 3.36. The standard InChI is InChI=1S/C19H24N2O3/c1-13-9-15(20-19-16(13)5-4-6-17(19)24-3)10-14-11-18(22)21(12-14)7-8-23-2/h4-6,9,14H,7-8,10-12H2,1-3H3/t14-/m1/s1. The van der Waals surface area contributed by atoms with Gasteiger partial charge in [0.1, 0.15) is 11.3 Å². The number of benzene rings is 1. The highest BCUT2D eigenvalue weighted by Crippen LogP contribution is 2.28. The van der Waals surface area contributed by atoms with Crippen LogP contribution < -0.4 is 4.74 Å². The Morgan fingerprint density at radius 3 is 2.92 bits per heavy atom. The van der Waals surface area contributed by atoms with Crippen LogP contribution >= 0.6 is 0 Å². The van der Waals surface area contributed by atoms with E-state index in [2.05, 4.69) is 19.1 Å². The Hall–Kier alpha value is -2.14. The number of likely N-dealkylation sites (tertiary alicyclic amines) is 1. The van der Waals surface area contributed by atoms with Gasteiger partial charge in [0.25, 0.3) is 0 Å².